The topological polar surface area (TPSA) is 101 Å². The van der Waals surface area contributed by atoms with E-state index in [1.807, 2.05) is 24.3 Å². The summed E-state index contributed by atoms with van der Waals surface area (Å²) in [5.41, 5.74) is 0.741. The third-order valence-electron chi connectivity index (χ3n) is 4.44. The molecule has 0 amide bonds. The molecule has 1 aliphatic heterocycles. The molecule has 1 fully saturated rings. The molecule has 3 rings (SSSR count). The Morgan fingerprint density at radius 2 is 1.66 bits per heavy atom. The van der Waals surface area contributed by atoms with E-state index in [0.717, 1.165) is 11.3 Å². The number of carbonyl (C=O) groups is 3. The first kappa shape index (κ1) is 23.9. The highest BCUT2D eigenvalue weighted by molar-refractivity contribution is 7.99. The molecule has 4 atom stereocenters. The Morgan fingerprint density at radius 3 is 2.28 bits per heavy atom. The number of hydrogen-bond donors (Lipinski definition) is 0. The van der Waals surface area contributed by atoms with Crippen LogP contribution in [0.4, 0.5) is 0 Å². The van der Waals surface area contributed by atoms with Gasteiger partial charge >= 0.3 is 17.9 Å². The minimum atomic E-state index is -1.04. The van der Waals surface area contributed by atoms with Gasteiger partial charge in [-0.1, -0.05) is 23.7 Å². The maximum Gasteiger partial charge on any atom is 0.303 e. The fraction of sp³-hybridized carbons (Fsp3) is 0.364. The van der Waals surface area contributed by atoms with Gasteiger partial charge in [0, 0.05) is 38.3 Å². The van der Waals surface area contributed by atoms with Gasteiger partial charge in [0.05, 0.1) is 10.7 Å². The molecular formula is C22H22ClNO7S. The van der Waals surface area contributed by atoms with Crippen LogP contribution in [0, 0.1) is 0 Å². The van der Waals surface area contributed by atoms with E-state index in [4.69, 9.17) is 30.5 Å². The Bertz CT molecular complexity index is 987. The van der Waals surface area contributed by atoms with Crippen molar-refractivity contribution < 1.29 is 33.3 Å². The quantitative estimate of drug-likeness (QED) is 0.453. The van der Waals surface area contributed by atoms with Gasteiger partial charge in [-0.05, 0) is 24.3 Å². The van der Waals surface area contributed by atoms with Crippen molar-refractivity contribution in [3.05, 3.63) is 47.6 Å². The lowest BCUT2D eigenvalue weighted by molar-refractivity contribution is -0.186. The Morgan fingerprint density at radius 1 is 0.969 bits per heavy atom. The lowest BCUT2D eigenvalue weighted by atomic mass is 10.1. The Hall–Kier alpha value is -2.78. The van der Waals surface area contributed by atoms with Crippen molar-refractivity contribution in [1.82, 2.24) is 4.98 Å². The van der Waals surface area contributed by atoms with Crippen molar-refractivity contribution in [2.24, 2.45) is 0 Å². The molecule has 2 aromatic rings. The molecule has 170 valence electrons. The largest absolute Gasteiger partial charge is 0.474 e. The normalized spacial score (nSPS) is 22.5. The average molecular weight is 480 g/mol. The number of rotatable bonds is 6. The summed E-state index contributed by atoms with van der Waals surface area (Å²) in [6, 6.07) is 10.8. The van der Waals surface area contributed by atoms with Crippen LogP contribution in [0.15, 0.2) is 42.6 Å². The van der Waals surface area contributed by atoms with E-state index < -0.39 is 41.7 Å². The van der Waals surface area contributed by atoms with Gasteiger partial charge in [-0.25, -0.2) is 0 Å². The van der Waals surface area contributed by atoms with E-state index in [1.165, 1.54) is 32.5 Å². The van der Waals surface area contributed by atoms with E-state index >= 15 is 0 Å². The lowest BCUT2D eigenvalue weighted by Gasteiger charge is -2.40. The molecule has 1 saturated heterocycles. The fourth-order valence-electron chi connectivity index (χ4n) is 3.22. The first-order valence-electron chi connectivity index (χ1n) is 9.75. The third-order valence-corrected chi connectivity index (χ3v) is 5.97. The van der Waals surface area contributed by atoms with Crippen LogP contribution in [-0.4, -0.2) is 52.4 Å². The van der Waals surface area contributed by atoms with Crippen LogP contribution in [0.25, 0.3) is 11.3 Å². The second-order valence-corrected chi connectivity index (χ2v) is 8.51. The molecule has 1 aliphatic rings. The number of benzene rings is 1. The summed E-state index contributed by atoms with van der Waals surface area (Å²) in [6.07, 6.45) is -1.20. The number of aromatic nitrogens is 1. The zero-order valence-electron chi connectivity index (χ0n) is 17.6. The molecule has 2 heterocycles. The van der Waals surface area contributed by atoms with Gasteiger partial charge in [0.15, 0.2) is 23.7 Å². The number of carbonyl (C=O) groups excluding carboxylic acids is 3. The van der Waals surface area contributed by atoms with E-state index in [-0.39, 0.29) is 5.75 Å². The van der Waals surface area contributed by atoms with Gasteiger partial charge in [-0.2, -0.15) is 0 Å². The zero-order chi connectivity index (χ0) is 23.3. The van der Waals surface area contributed by atoms with Crippen LogP contribution in [0.1, 0.15) is 20.8 Å². The minimum Gasteiger partial charge on any atom is -0.474 e. The summed E-state index contributed by atoms with van der Waals surface area (Å²) in [5.74, 6) is -1.14. The molecule has 0 aliphatic carbocycles. The van der Waals surface area contributed by atoms with E-state index in [2.05, 4.69) is 4.98 Å². The molecule has 32 heavy (non-hydrogen) atoms. The van der Waals surface area contributed by atoms with Crippen molar-refractivity contribution >= 4 is 41.3 Å². The SMILES string of the molecule is CC(=O)O[C@@H]1[C@@H](OC(C)=O)[C@@H](Oc2cc(-c3ccccn3)ccc2Cl)SC[C@H]1OC(C)=O. The van der Waals surface area contributed by atoms with Gasteiger partial charge < -0.3 is 18.9 Å². The van der Waals surface area contributed by atoms with Crippen LogP contribution in [0.2, 0.25) is 5.02 Å². The highest BCUT2D eigenvalue weighted by Crippen LogP contribution is 2.37. The minimum absolute atomic E-state index is 0.261. The zero-order valence-corrected chi connectivity index (χ0v) is 19.2. The fourth-order valence-corrected chi connectivity index (χ4v) is 4.59. The third kappa shape index (κ3) is 6.14. The molecule has 1 aromatic heterocycles. The van der Waals surface area contributed by atoms with Crippen LogP contribution in [0.3, 0.4) is 0 Å². The Kier molecular flexibility index (Phi) is 7.98. The number of ether oxygens (including phenoxy) is 4. The maximum absolute atomic E-state index is 11.8. The van der Waals surface area contributed by atoms with Crippen molar-refractivity contribution in [3.63, 3.8) is 0 Å². The first-order chi connectivity index (χ1) is 15.2. The van der Waals surface area contributed by atoms with Crippen LogP contribution >= 0.6 is 23.4 Å². The summed E-state index contributed by atoms with van der Waals surface area (Å²) < 4.78 is 22.2. The number of pyridine rings is 1. The van der Waals surface area contributed by atoms with Crippen LogP contribution in [-0.2, 0) is 28.6 Å². The number of hydrogen-bond acceptors (Lipinski definition) is 9. The predicted octanol–water partition coefficient (Wildman–Crippen LogP) is 3.65. The van der Waals surface area contributed by atoms with E-state index in [0.29, 0.717) is 10.8 Å². The summed E-state index contributed by atoms with van der Waals surface area (Å²) in [6.45, 7) is 3.71. The van der Waals surface area contributed by atoms with Crippen LogP contribution < -0.4 is 4.74 Å². The van der Waals surface area contributed by atoms with Crippen molar-refractivity contribution in [1.29, 1.82) is 0 Å². The monoisotopic (exact) mass is 479 g/mol. The molecule has 0 unspecified atom stereocenters. The number of esters is 3. The molecular weight excluding hydrogens is 458 g/mol. The van der Waals surface area contributed by atoms with Gasteiger partial charge in [0.1, 0.15) is 5.75 Å². The molecule has 0 N–H and O–H groups in total. The van der Waals surface area contributed by atoms with E-state index in [9.17, 15) is 14.4 Å². The lowest BCUT2D eigenvalue weighted by Crippen LogP contribution is -2.55. The first-order valence-corrected chi connectivity index (χ1v) is 11.2. The summed E-state index contributed by atoms with van der Waals surface area (Å²) in [4.78, 5) is 39.4. The molecule has 1 aromatic carbocycles. The standard InChI is InChI=1S/C22H22ClNO7S/c1-12(25)28-19-11-32-22(21(30-14(3)27)20(19)29-13(2)26)31-18-10-15(7-8-16(18)23)17-6-4-5-9-24-17/h4-10,19-22H,11H2,1-3H3/t19-,20+,21-,22+/m1/s1. The van der Waals surface area contributed by atoms with Gasteiger partial charge in [0.25, 0.3) is 0 Å². The smallest absolute Gasteiger partial charge is 0.303 e. The Balaban J connectivity index is 1.91. The maximum atomic E-state index is 11.8. The second-order valence-electron chi connectivity index (χ2n) is 6.98. The number of nitrogens with zero attached hydrogens (tertiary/aromatic N) is 1. The molecule has 0 bridgehead atoms. The summed E-state index contributed by atoms with van der Waals surface area (Å²) in [7, 11) is 0. The van der Waals surface area contributed by atoms with Crippen molar-refractivity contribution in [2.45, 2.75) is 44.5 Å². The molecule has 0 radical (unpaired) electrons. The second kappa shape index (κ2) is 10.7. The average Bonchev–Trinajstić information content (AvgIpc) is 2.73. The van der Waals surface area contributed by atoms with Gasteiger partial charge in [0.2, 0.25) is 0 Å². The van der Waals surface area contributed by atoms with Crippen molar-refractivity contribution in [2.75, 3.05) is 5.75 Å². The van der Waals surface area contributed by atoms with E-state index in [1.54, 1.807) is 18.3 Å². The molecule has 0 spiro atoms. The predicted molar refractivity (Wildman–Crippen MR) is 118 cm³/mol. The molecule has 10 heteroatoms. The number of thioether (sulfide) groups is 1. The van der Waals surface area contributed by atoms with Crippen molar-refractivity contribution in [3.8, 4) is 17.0 Å². The van der Waals surface area contributed by atoms with Crippen LogP contribution in [0.5, 0.6) is 5.75 Å². The summed E-state index contributed by atoms with van der Waals surface area (Å²) in [5, 5.41) is 0.345. The number of halogens is 1. The molecule has 0 saturated carbocycles. The van der Waals surface area contributed by atoms with Gasteiger partial charge in [-0.3, -0.25) is 19.4 Å². The van der Waals surface area contributed by atoms with Gasteiger partial charge in [-0.15, -0.1) is 11.8 Å². The molecule has 8 nitrogen and oxygen atoms in total. The highest BCUT2D eigenvalue weighted by atomic mass is 35.5. The highest BCUT2D eigenvalue weighted by Gasteiger charge is 2.47. The summed E-state index contributed by atoms with van der Waals surface area (Å²) >= 11 is 7.61. The Labute approximate surface area is 194 Å².